The number of piperidine rings is 1. The van der Waals surface area contributed by atoms with Gasteiger partial charge in [-0.25, -0.2) is 13.2 Å². The van der Waals surface area contributed by atoms with Crippen LogP contribution in [0.3, 0.4) is 0 Å². The van der Waals surface area contributed by atoms with Gasteiger partial charge in [-0.05, 0) is 58.2 Å². The first-order chi connectivity index (χ1) is 14.7. The van der Waals surface area contributed by atoms with Crippen LogP contribution in [-0.4, -0.2) is 49.5 Å². The minimum atomic E-state index is -4.09. The van der Waals surface area contributed by atoms with Crippen molar-refractivity contribution in [1.82, 2.24) is 9.47 Å². The summed E-state index contributed by atoms with van der Waals surface area (Å²) in [5, 5.41) is 0. The molecule has 1 aromatic carbocycles. The Kier molecular flexibility index (Phi) is 6.74. The van der Waals surface area contributed by atoms with Crippen LogP contribution in [-0.2, 0) is 21.8 Å². The smallest absolute Gasteiger partial charge is 0.338 e. The van der Waals surface area contributed by atoms with Gasteiger partial charge in [-0.15, -0.1) is 0 Å². The summed E-state index contributed by atoms with van der Waals surface area (Å²) >= 11 is 0. The van der Waals surface area contributed by atoms with Gasteiger partial charge in [0.15, 0.2) is 0 Å². The fourth-order valence-electron chi connectivity index (χ4n) is 3.88. The van der Waals surface area contributed by atoms with Crippen molar-refractivity contribution in [2.75, 3.05) is 24.4 Å². The van der Waals surface area contributed by atoms with Crippen LogP contribution in [0, 0.1) is 13.8 Å². The van der Waals surface area contributed by atoms with Gasteiger partial charge in [-0.2, -0.15) is 0 Å². The molecule has 0 saturated carbocycles. The van der Waals surface area contributed by atoms with Crippen molar-refractivity contribution in [1.29, 1.82) is 0 Å². The first-order valence-corrected chi connectivity index (χ1v) is 11.9. The normalized spacial score (nSPS) is 14.4. The monoisotopic (exact) mass is 447 g/mol. The number of benzene rings is 1. The number of aromatic nitrogens is 1. The number of hydrogen-bond donors (Lipinski definition) is 1. The third-order valence-electron chi connectivity index (χ3n) is 5.68. The van der Waals surface area contributed by atoms with Crippen LogP contribution >= 0.6 is 0 Å². The van der Waals surface area contributed by atoms with E-state index in [4.69, 9.17) is 4.74 Å². The fourth-order valence-corrected chi connectivity index (χ4v) is 5.45. The van der Waals surface area contributed by atoms with E-state index in [-0.39, 0.29) is 34.2 Å². The largest absolute Gasteiger partial charge is 0.462 e. The minimum Gasteiger partial charge on any atom is -0.462 e. The van der Waals surface area contributed by atoms with E-state index in [2.05, 4.69) is 4.72 Å². The molecule has 1 aliphatic heterocycles. The number of nitrogens with one attached hydrogen (secondary N) is 1. The Balaban J connectivity index is 2.00. The third-order valence-corrected chi connectivity index (χ3v) is 7.22. The van der Waals surface area contributed by atoms with Crippen LogP contribution in [0.2, 0.25) is 0 Å². The van der Waals surface area contributed by atoms with Gasteiger partial charge in [0, 0.05) is 37.2 Å². The van der Waals surface area contributed by atoms with Crippen LogP contribution < -0.4 is 4.72 Å². The Labute approximate surface area is 183 Å². The Bertz CT molecular complexity index is 1100. The van der Waals surface area contributed by atoms with Crippen molar-refractivity contribution < 1.29 is 22.7 Å². The minimum absolute atomic E-state index is 0.0235. The highest BCUT2D eigenvalue weighted by atomic mass is 32.2. The van der Waals surface area contributed by atoms with E-state index in [1.165, 1.54) is 6.07 Å². The molecule has 31 heavy (non-hydrogen) atoms. The first-order valence-electron chi connectivity index (χ1n) is 10.4. The van der Waals surface area contributed by atoms with E-state index < -0.39 is 16.0 Å². The van der Waals surface area contributed by atoms with Crippen LogP contribution in [0.15, 0.2) is 29.2 Å². The lowest BCUT2D eigenvalue weighted by Gasteiger charge is -2.27. The molecule has 2 heterocycles. The van der Waals surface area contributed by atoms with Gasteiger partial charge >= 0.3 is 5.97 Å². The molecule has 1 N–H and O–H groups in total. The summed E-state index contributed by atoms with van der Waals surface area (Å²) in [6, 6.07) is 6.11. The number of carbonyl (C=O) groups excluding carboxylic acids is 2. The average Bonchev–Trinajstić information content (AvgIpc) is 2.98. The van der Waals surface area contributed by atoms with E-state index in [1.54, 1.807) is 55.5 Å². The number of hydrogen-bond acceptors (Lipinski definition) is 5. The Morgan fingerprint density at radius 3 is 2.42 bits per heavy atom. The summed E-state index contributed by atoms with van der Waals surface area (Å²) in [5.74, 6) is -0.794. The highest BCUT2D eigenvalue weighted by Gasteiger charge is 2.33. The molecule has 0 unspecified atom stereocenters. The Hall–Kier alpha value is -2.81. The molecular formula is C22H29N3O5S. The maximum Gasteiger partial charge on any atom is 0.338 e. The molecule has 8 nitrogen and oxygen atoms in total. The van der Waals surface area contributed by atoms with Gasteiger partial charge in [-0.3, -0.25) is 9.52 Å². The summed E-state index contributed by atoms with van der Waals surface area (Å²) in [5.41, 5.74) is 1.76. The zero-order chi connectivity index (χ0) is 22.8. The molecular weight excluding hydrogens is 418 g/mol. The van der Waals surface area contributed by atoms with E-state index in [0.29, 0.717) is 24.5 Å². The van der Waals surface area contributed by atoms with Crippen molar-refractivity contribution >= 4 is 27.6 Å². The molecule has 3 rings (SSSR count). The quantitative estimate of drug-likeness (QED) is 0.686. The van der Waals surface area contributed by atoms with Gasteiger partial charge in [0.25, 0.3) is 15.9 Å². The number of esters is 1. The maximum absolute atomic E-state index is 13.4. The number of rotatable bonds is 6. The number of nitrogens with zero attached hydrogens (tertiary/aromatic N) is 2. The molecule has 0 atom stereocenters. The lowest BCUT2D eigenvalue weighted by atomic mass is 10.1. The molecule has 2 aromatic rings. The van der Waals surface area contributed by atoms with E-state index in [0.717, 1.165) is 19.3 Å². The number of ether oxygens (including phenoxy) is 1. The average molecular weight is 448 g/mol. The van der Waals surface area contributed by atoms with Gasteiger partial charge < -0.3 is 14.2 Å². The second-order valence-electron chi connectivity index (χ2n) is 7.69. The van der Waals surface area contributed by atoms with E-state index in [1.807, 2.05) is 0 Å². The number of likely N-dealkylation sites (tertiary alicyclic amines) is 1. The molecule has 1 fully saturated rings. The second kappa shape index (κ2) is 9.13. The summed E-state index contributed by atoms with van der Waals surface area (Å²) in [4.78, 5) is 27.0. The highest BCUT2D eigenvalue weighted by Crippen LogP contribution is 2.30. The number of sulfonamides is 1. The van der Waals surface area contributed by atoms with E-state index in [9.17, 15) is 18.0 Å². The molecule has 0 spiro atoms. The van der Waals surface area contributed by atoms with Crippen molar-refractivity contribution in [2.45, 2.75) is 44.9 Å². The lowest BCUT2D eigenvalue weighted by Crippen LogP contribution is -2.36. The fraction of sp³-hybridized carbons (Fsp3) is 0.455. The standard InChI is InChI=1S/C22H29N3O5S/c1-5-30-22(27)17-10-9-11-18(14-17)23-31(28,29)20-16(3)24(4)15(2)19(20)21(26)25-12-7-6-8-13-25/h9-11,14,23H,5-8,12-13H2,1-4H3. The zero-order valence-corrected chi connectivity index (χ0v) is 19.2. The SMILES string of the molecule is CCOC(=O)c1cccc(NS(=O)(=O)c2c(C(=O)N3CCCCC3)c(C)n(C)c2C)c1. The molecule has 1 amide bonds. The van der Waals surface area contributed by atoms with Crippen molar-refractivity contribution in [3.63, 3.8) is 0 Å². The summed E-state index contributed by atoms with van der Waals surface area (Å²) in [6.07, 6.45) is 2.90. The van der Waals surface area contributed by atoms with Gasteiger partial charge in [0.05, 0.1) is 17.7 Å². The van der Waals surface area contributed by atoms with Crippen molar-refractivity contribution in [2.24, 2.45) is 7.05 Å². The van der Waals surface area contributed by atoms with E-state index >= 15 is 0 Å². The molecule has 168 valence electrons. The molecule has 1 saturated heterocycles. The lowest BCUT2D eigenvalue weighted by molar-refractivity contribution is 0.0526. The zero-order valence-electron chi connectivity index (χ0n) is 18.4. The van der Waals surface area contributed by atoms with Gasteiger partial charge in [0.2, 0.25) is 0 Å². The van der Waals surface area contributed by atoms with Gasteiger partial charge in [-0.1, -0.05) is 6.07 Å². The molecule has 1 aliphatic rings. The molecule has 1 aromatic heterocycles. The van der Waals surface area contributed by atoms with Gasteiger partial charge in [0.1, 0.15) is 4.90 Å². The predicted molar refractivity (Wildman–Crippen MR) is 118 cm³/mol. The number of amides is 1. The predicted octanol–water partition coefficient (Wildman–Crippen LogP) is 3.25. The summed E-state index contributed by atoms with van der Waals surface area (Å²) < 4.78 is 36.0. The second-order valence-corrected chi connectivity index (χ2v) is 9.31. The number of carbonyl (C=O) groups is 2. The van der Waals surface area contributed by atoms with Crippen molar-refractivity contribution in [3.05, 3.63) is 46.8 Å². The topological polar surface area (TPSA) is 97.7 Å². The van der Waals surface area contributed by atoms with Crippen LogP contribution in [0.4, 0.5) is 5.69 Å². The molecule has 0 aliphatic carbocycles. The Morgan fingerprint density at radius 1 is 1.10 bits per heavy atom. The van der Waals surface area contributed by atoms with Crippen molar-refractivity contribution in [3.8, 4) is 0 Å². The molecule has 0 radical (unpaired) electrons. The third kappa shape index (κ3) is 4.61. The highest BCUT2D eigenvalue weighted by molar-refractivity contribution is 7.92. The summed E-state index contributed by atoms with van der Waals surface area (Å²) in [6.45, 7) is 6.61. The molecule has 9 heteroatoms. The van der Waals surface area contributed by atoms with Crippen LogP contribution in [0.1, 0.15) is 58.3 Å². The first kappa shape index (κ1) is 22.9. The maximum atomic E-state index is 13.4. The van der Waals surface area contributed by atoms with Crippen LogP contribution in [0.25, 0.3) is 0 Å². The summed E-state index contributed by atoms with van der Waals surface area (Å²) in [7, 11) is -2.34. The number of anilines is 1. The van der Waals surface area contributed by atoms with Crippen LogP contribution in [0.5, 0.6) is 0 Å². The Morgan fingerprint density at radius 2 is 1.77 bits per heavy atom. The molecule has 0 bridgehead atoms.